The topological polar surface area (TPSA) is 51.1 Å². The fraction of sp³-hybridized carbons (Fsp3) is 0.412. The molecule has 0 spiro atoms. The largest absolute Gasteiger partial charge is 0.493 e. The lowest BCUT2D eigenvalue weighted by atomic mass is 10.1. The predicted molar refractivity (Wildman–Crippen MR) is 103 cm³/mol. The number of ether oxygens (including phenoxy) is 2. The highest BCUT2D eigenvalue weighted by molar-refractivity contribution is 9.10. The maximum absolute atomic E-state index is 12.3. The molecule has 0 radical (unpaired) electrons. The average molecular weight is 413 g/mol. The number of nitrogens with zero attached hydrogens (tertiary/aromatic N) is 2. The molecule has 24 heavy (non-hydrogen) atoms. The molecule has 0 aromatic heterocycles. The quantitative estimate of drug-likeness (QED) is 0.680. The second-order valence-electron chi connectivity index (χ2n) is 5.35. The van der Waals surface area contributed by atoms with E-state index in [-0.39, 0.29) is 12.0 Å². The van der Waals surface area contributed by atoms with Crippen molar-refractivity contribution in [2.24, 2.45) is 4.99 Å². The first-order valence-corrected chi connectivity index (χ1v) is 9.20. The van der Waals surface area contributed by atoms with Crippen molar-refractivity contribution in [1.82, 2.24) is 4.90 Å². The van der Waals surface area contributed by atoms with Crippen LogP contribution in [0.1, 0.15) is 25.8 Å². The molecule has 1 aliphatic rings. The van der Waals surface area contributed by atoms with Crippen molar-refractivity contribution >= 4 is 44.8 Å². The van der Waals surface area contributed by atoms with Gasteiger partial charge in [0.25, 0.3) is 5.91 Å². The summed E-state index contributed by atoms with van der Waals surface area (Å²) in [6.07, 6.45) is 2.82. The van der Waals surface area contributed by atoms with Gasteiger partial charge in [-0.3, -0.25) is 14.7 Å². The van der Waals surface area contributed by atoms with E-state index in [1.165, 1.54) is 11.8 Å². The summed E-state index contributed by atoms with van der Waals surface area (Å²) in [7, 11) is 5.00. The van der Waals surface area contributed by atoms with Gasteiger partial charge in [0.05, 0.1) is 22.6 Å². The number of methoxy groups -OCH3 is 1. The summed E-state index contributed by atoms with van der Waals surface area (Å²) in [6, 6.07) is 3.78. The van der Waals surface area contributed by atoms with Gasteiger partial charge in [-0.15, -0.1) is 0 Å². The number of thioether (sulfide) groups is 1. The Morgan fingerprint density at radius 2 is 2.17 bits per heavy atom. The molecule has 1 atom stereocenters. The second kappa shape index (κ2) is 8.07. The van der Waals surface area contributed by atoms with Gasteiger partial charge in [0, 0.05) is 14.1 Å². The van der Waals surface area contributed by atoms with E-state index in [0.717, 1.165) is 16.5 Å². The van der Waals surface area contributed by atoms with Crippen LogP contribution in [0.2, 0.25) is 0 Å². The normalized spacial score (nSPS) is 19.2. The first-order chi connectivity index (χ1) is 11.4. The van der Waals surface area contributed by atoms with Crippen molar-refractivity contribution in [2.45, 2.75) is 26.4 Å². The van der Waals surface area contributed by atoms with Crippen LogP contribution in [0.15, 0.2) is 26.5 Å². The minimum Gasteiger partial charge on any atom is -0.493 e. The molecule has 0 N–H and O–H groups in total. The number of hydrogen-bond acceptors (Lipinski definition) is 5. The molecule has 130 valence electrons. The molecule has 1 aliphatic heterocycles. The summed E-state index contributed by atoms with van der Waals surface area (Å²) in [5, 5.41) is 0.689. The van der Waals surface area contributed by atoms with Gasteiger partial charge >= 0.3 is 0 Å². The van der Waals surface area contributed by atoms with Crippen LogP contribution >= 0.6 is 27.7 Å². The third-order valence-electron chi connectivity index (χ3n) is 3.64. The molecule has 5 nitrogen and oxygen atoms in total. The number of likely N-dealkylation sites (N-methyl/N-ethyl adjacent to an activating group) is 1. The van der Waals surface area contributed by atoms with E-state index in [2.05, 4.69) is 27.8 Å². The first kappa shape index (κ1) is 18.9. The van der Waals surface area contributed by atoms with E-state index >= 15 is 0 Å². The molecule has 1 aromatic rings. The number of amides is 1. The second-order valence-corrected chi connectivity index (χ2v) is 7.22. The van der Waals surface area contributed by atoms with Crippen LogP contribution in [-0.4, -0.2) is 43.3 Å². The SMILES string of the molecule is CC[C@@H](C)Oc1c(Br)cc(/C=C2\SC(=NC)N(C)C2=O)cc1OC. The highest BCUT2D eigenvalue weighted by Crippen LogP contribution is 2.39. The molecule has 0 saturated carbocycles. The van der Waals surface area contributed by atoms with Crippen LogP contribution < -0.4 is 9.47 Å². The minimum absolute atomic E-state index is 0.0596. The average Bonchev–Trinajstić information content (AvgIpc) is 2.84. The van der Waals surface area contributed by atoms with E-state index in [9.17, 15) is 4.79 Å². The van der Waals surface area contributed by atoms with Gasteiger partial charge in [0.15, 0.2) is 16.7 Å². The van der Waals surface area contributed by atoms with Crippen LogP contribution in [0.25, 0.3) is 6.08 Å². The first-order valence-electron chi connectivity index (χ1n) is 7.59. The maximum atomic E-state index is 12.3. The molecule has 1 heterocycles. The molecule has 1 fully saturated rings. The zero-order valence-electron chi connectivity index (χ0n) is 14.4. The fourth-order valence-electron chi connectivity index (χ4n) is 2.12. The summed E-state index contributed by atoms with van der Waals surface area (Å²) in [6.45, 7) is 4.08. The Morgan fingerprint density at radius 1 is 1.46 bits per heavy atom. The lowest BCUT2D eigenvalue weighted by Gasteiger charge is -2.17. The van der Waals surface area contributed by atoms with Gasteiger partial charge in [0.1, 0.15) is 0 Å². The third kappa shape index (κ3) is 3.95. The van der Waals surface area contributed by atoms with E-state index in [1.807, 2.05) is 25.1 Å². The van der Waals surface area contributed by atoms with E-state index < -0.39 is 0 Å². The number of carbonyl (C=O) groups is 1. The minimum atomic E-state index is -0.0596. The van der Waals surface area contributed by atoms with Crippen molar-refractivity contribution in [3.05, 3.63) is 27.1 Å². The number of carbonyl (C=O) groups excluding carboxylic acids is 1. The van der Waals surface area contributed by atoms with Crippen LogP contribution in [0.4, 0.5) is 0 Å². The standard InChI is InChI=1S/C17H21BrN2O3S/c1-6-10(2)23-15-12(18)7-11(8-13(15)22-5)9-14-16(21)20(4)17(19-3)24-14/h7-10H,6H2,1-5H3/b14-9-,19-17?/t10-/m1/s1. The van der Waals surface area contributed by atoms with E-state index in [4.69, 9.17) is 9.47 Å². The van der Waals surface area contributed by atoms with Gasteiger partial charge in [-0.1, -0.05) is 6.92 Å². The zero-order chi connectivity index (χ0) is 17.9. The van der Waals surface area contributed by atoms with Crippen LogP contribution in [-0.2, 0) is 4.79 Å². The summed E-state index contributed by atoms with van der Waals surface area (Å²) >= 11 is 4.90. The molecule has 0 aliphatic carbocycles. The van der Waals surface area contributed by atoms with Gasteiger partial charge in [0.2, 0.25) is 0 Å². The molecule has 2 rings (SSSR count). The van der Waals surface area contributed by atoms with Gasteiger partial charge in [-0.25, -0.2) is 0 Å². The van der Waals surface area contributed by atoms with Crippen molar-refractivity contribution in [3.8, 4) is 11.5 Å². The Morgan fingerprint density at radius 3 is 2.71 bits per heavy atom. The molecule has 1 aromatic carbocycles. The number of rotatable bonds is 5. The third-order valence-corrected chi connectivity index (χ3v) is 5.38. The molecule has 1 amide bonds. The van der Waals surface area contributed by atoms with Crippen molar-refractivity contribution in [2.75, 3.05) is 21.2 Å². The fourth-order valence-corrected chi connectivity index (χ4v) is 3.60. The lowest BCUT2D eigenvalue weighted by Crippen LogP contribution is -2.23. The number of hydrogen-bond donors (Lipinski definition) is 0. The Hall–Kier alpha value is -1.47. The van der Waals surface area contributed by atoms with Crippen LogP contribution in [0.3, 0.4) is 0 Å². The molecule has 0 unspecified atom stereocenters. The van der Waals surface area contributed by atoms with Crippen molar-refractivity contribution in [1.29, 1.82) is 0 Å². The molecular formula is C17H21BrN2O3S. The highest BCUT2D eigenvalue weighted by Gasteiger charge is 2.29. The Balaban J connectivity index is 2.38. The van der Waals surface area contributed by atoms with Gasteiger partial charge < -0.3 is 9.47 Å². The van der Waals surface area contributed by atoms with Crippen LogP contribution in [0.5, 0.6) is 11.5 Å². The molecule has 7 heteroatoms. The van der Waals surface area contributed by atoms with Crippen molar-refractivity contribution in [3.63, 3.8) is 0 Å². The monoisotopic (exact) mass is 412 g/mol. The smallest absolute Gasteiger partial charge is 0.266 e. The summed E-state index contributed by atoms with van der Waals surface area (Å²) in [4.78, 5) is 18.5. The van der Waals surface area contributed by atoms with Gasteiger partial charge in [-0.2, -0.15) is 0 Å². The number of aliphatic imine (C=N–C) groups is 1. The van der Waals surface area contributed by atoms with Crippen LogP contribution in [0, 0.1) is 0 Å². The lowest BCUT2D eigenvalue weighted by molar-refractivity contribution is -0.121. The maximum Gasteiger partial charge on any atom is 0.266 e. The summed E-state index contributed by atoms with van der Waals surface area (Å²) in [5.41, 5.74) is 0.858. The molecular weight excluding hydrogens is 392 g/mol. The number of benzene rings is 1. The number of amidine groups is 1. The molecule has 0 bridgehead atoms. The zero-order valence-corrected chi connectivity index (χ0v) is 16.8. The van der Waals surface area contributed by atoms with E-state index in [1.54, 1.807) is 26.1 Å². The van der Waals surface area contributed by atoms with Gasteiger partial charge in [-0.05, 0) is 64.8 Å². The predicted octanol–water partition coefficient (Wildman–Crippen LogP) is 4.17. The number of halogens is 1. The van der Waals surface area contributed by atoms with E-state index in [0.29, 0.717) is 21.6 Å². The Labute approximate surface area is 155 Å². The Bertz CT molecular complexity index is 703. The van der Waals surface area contributed by atoms with Crippen molar-refractivity contribution < 1.29 is 14.3 Å². The summed E-state index contributed by atoms with van der Waals surface area (Å²) in [5.74, 6) is 1.24. The summed E-state index contributed by atoms with van der Waals surface area (Å²) < 4.78 is 12.2. The highest BCUT2D eigenvalue weighted by atomic mass is 79.9. The molecule has 1 saturated heterocycles. The Kier molecular flexibility index (Phi) is 6.34.